The van der Waals surface area contributed by atoms with Gasteiger partial charge in [-0.15, -0.1) is 5.10 Å². The zero-order chi connectivity index (χ0) is 10.3. The third-order valence-corrected chi connectivity index (χ3v) is 3.45. The van der Waals surface area contributed by atoms with Crippen molar-refractivity contribution in [3.05, 3.63) is 34.9 Å². The molecule has 74 valence electrons. The van der Waals surface area contributed by atoms with Gasteiger partial charge in [0.1, 0.15) is 16.1 Å². The van der Waals surface area contributed by atoms with Crippen LogP contribution in [0.4, 0.5) is 0 Å². The van der Waals surface area contributed by atoms with E-state index in [9.17, 15) is 0 Å². The molecule has 0 N–H and O–H groups in total. The summed E-state index contributed by atoms with van der Waals surface area (Å²) < 4.78 is 0. The highest BCUT2D eigenvalue weighted by atomic mass is 35.5. The Morgan fingerprint density at radius 2 is 2.27 bits per heavy atom. The highest BCUT2D eigenvalue weighted by Gasteiger charge is 2.28. The Morgan fingerprint density at radius 1 is 1.33 bits per heavy atom. The summed E-state index contributed by atoms with van der Waals surface area (Å²) in [6.07, 6.45) is 1.75. The fourth-order valence-corrected chi connectivity index (χ4v) is 2.57. The number of fused-ring (bicyclic) bond motifs is 1. The third kappa shape index (κ3) is 1.60. The maximum absolute atomic E-state index is 5.92. The van der Waals surface area contributed by atoms with Crippen LogP contribution in [-0.2, 0) is 0 Å². The molecule has 1 aromatic carbocycles. The molecule has 0 fully saturated rings. The molecule has 15 heavy (non-hydrogen) atoms. The van der Waals surface area contributed by atoms with Gasteiger partial charge in [-0.25, -0.2) is 0 Å². The van der Waals surface area contributed by atoms with Gasteiger partial charge in [0.2, 0.25) is 0 Å². The van der Waals surface area contributed by atoms with Crippen LogP contribution in [0.25, 0.3) is 0 Å². The van der Waals surface area contributed by atoms with Crippen LogP contribution in [0.1, 0.15) is 5.56 Å². The van der Waals surface area contributed by atoms with Gasteiger partial charge >= 0.3 is 0 Å². The molecule has 0 aromatic heterocycles. The van der Waals surface area contributed by atoms with Crippen molar-refractivity contribution in [2.24, 2.45) is 15.2 Å². The van der Waals surface area contributed by atoms with E-state index in [1.165, 1.54) is 0 Å². The number of hydrogen-bond donors (Lipinski definition) is 0. The minimum atomic E-state index is 0.0315. The minimum Gasteiger partial charge on any atom is -0.261 e. The van der Waals surface area contributed by atoms with Crippen LogP contribution in [0.5, 0.6) is 0 Å². The van der Waals surface area contributed by atoms with Crippen molar-refractivity contribution in [2.45, 2.75) is 6.04 Å². The molecule has 5 heteroatoms. The zero-order valence-electron chi connectivity index (χ0n) is 7.59. The van der Waals surface area contributed by atoms with Gasteiger partial charge in [-0.3, -0.25) is 4.99 Å². The summed E-state index contributed by atoms with van der Waals surface area (Å²) in [5.74, 6) is 0. The molecule has 1 atom stereocenters. The van der Waals surface area contributed by atoms with Crippen molar-refractivity contribution in [2.75, 3.05) is 0 Å². The molecule has 0 bridgehead atoms. The first-order valence-electron chi connectivity index (χ1n) is 4.45. The smallest absolute Gasteiger partial charge is 0.138 e. The van der Waals surface area contributed by atoms with Crippen LogP contribution < -0.4 is 0 Å². The van der Waals surface area contributed by atoms with Gasteiger partial charge in [-0.2, -0.15) is 5.10 Å². The molecule has 3 nitrogen and oxygen atoms in total. The van der Waals surface area contributed by atoms with Gasteiger partial charge in [0.25, 0.3) is 0 Å². The van der Waals surface area contributed by atoms with Crippen molar-refractivity contribution in [3.8, 4) is 0 Å². The number of hydrogen-bond acceptors (Lipinski definition) is 4. The van der Waals surface area contributed by atoms with E-state index in [0.29, 0.717) is 0 Å². The second-order valence-corrected chi connectivity index (χ2v) is 4.64. The molecule has 0 spiro atoms. The summed E-state index contributed by atoms with van der Waals surface area (Å²) in [6.45, 7) is 0. The van der Waals surface area contributed by atoms with E-state index in [1.807, 2.05) is 24.3 Å². The summed E-state index contributed by atoms with van der Waals surface area (Å²) in [5.41, 5.74) is 1.04. The fraction of sp³-hybridized carbons (Fsp3) is 0.100. The topological polar surface area (TPSA) is 37.1 Å². The van der Waals surface area contributed by atoms with Crippen LogP contribution >= 0.6 is 23.4 Å². The van der Waals surface area contributed by atoms with E-state index < -0.39 is 0 Å². The fourth-order valence-electron chi connectivity index (χ4n) is 1.45. The molecule has 2 aliphatic heterocycles. The zero-order valence-corrected chi connectivity index (χ0v) is 9.16. The average molecular weight is 236 g/mol. The third-order valence-electron chi connectivity index (χ3n) is 2.15. The number of thioether (sulfide) groups is 1. The van der Waals surface area contributed by atoms with Gasteiger partial charge < -0.3 is 0 Å². The van der Waals surface area contributed by atoms with Crippen LogP contribution in [0.15, 0.2) is 39.5 Å². The summed E-state index contributed by atoms with van der Waals surface area (Å²) in [6, 6.07) is 7.71. The first-order valence-corrected chi connectivity index (χ1v) is 5.65. The maximum Gasteiger partial charge on any atom is 0.138 e. The first-order chi connectivity index (χ1) is 7.33. The molecular formula is C10H6ClN3S. The average Bonchev–Trinajstić information content (AvgIpc) is 2.76. The molecule has 0 amide bonds. The van der Waals surface area contributed by atoms with Gasteiger partial charge in [0, 0.05) is 10.6 Å². The van der Waals surface area contributed by atoms with Crippen molar-refractivity contribution < 1.29 is 0 Å². The lowest BCUT2D eigenvalue weighted by molar-refractivity contribution is 1.22. The van der Waals surface area contributed by atoms with Crippen LogP contribution in [-0.4, -0.2) is 22.3 Å². The second kappa shape index (κ2) is 3.47. The first kappa shape index (κ1) is 9.12. The molecule has 2 aliphatic rings. The minimum absolute atomic E-state index is 0.0315. The molecule has 2 heterocycles. The molecule has 0 aliphatic carbocycles. The highest BCUT2D eigenvalue weighted by molar-refractivity contribution is 8.27. The number of nitrogens with zero attached hydrogens (tertiary/aromatic N) is 3. The number of aliphatic imine (C=N–C) groups is 1. The Hall–Kier alpha value is -1.13. The predicted molar refractivity (Wildman–Crippen MR) is 65.3 cm³/mol. The quantitative estimate of drug-likeness (QED) is 0.737. The van der Waals surface area contributed by atoms with Gasteiger partial charge in [0.05, 0.1) is 6.21 Å². The lowest BCUT2D eigenvalue weighted by atomic mass is 10.2. The lowest BCUT2D eigenvalue weighted by Gasteiger charge is -1.98. The maximum atomic E-state index is 5.92. The lowest BCUT2D eigenvalue weighted by Crippen LogP contribution is -2.06. The number of halogens is 1. The van der Waals surface area contributed by atoms with Crippen molar-refractivity contribution in [1.29, 1.82) is 0 Å². The van der Waals surface area contributed by atoms with E-state index >= 15 is 0 Å². The molecule has 0 radical (unpaired) electrons. The van der Waals surface area contributed by atoms with Crippen LogP contribution in [0.3, 0.4) is 0 Å². The Labute approximate surface area is 96.0 Å². The number of benzene rings is 1. The van der Waals surface area contributed by atoms with Gasteiger partial charge in [-0.1, -0.05) is 23.7 Å². The molecule has 3 rings (SSSR count). The second-order valence-electron chi connectivity index (χ2n) is 3.19. The Balaban J connectivity index is 1.97. The van der Waals surface area contributed by atoms with E-state index in [1.54, 1.807) is 18.0 Å². The van der Waals surface area contributed by atoms with Gasteiger partial charge in [0.15, 0.2) is 0 Å². The van der Waals surface area contributed by atoms with E-state index in [0.717, 1.165) is 20.7 Å². The Bertz CT molecular complexity index is 507. The van der Waals surface area contributed by atoms with Crippen LogP contribution in [0.2, 0.25) is 5.02 Å². The summed E-state index contributed by atoms with van der Waals surface area (Å²) >= 11 is 7.48. The SMILES string of the molecule is Clc1cccc(C2=N[C@@H]3C=NN=C3S2)c1. The largest absolute Gasteiger partial charge is 0.261 e. The molecule has 0 saturated heterocycles. The summed E-state index contributed by atoms with van der Waals surface area (Å²) in [7, 11) is 0. The Kier molecular flexibility index (Phi) is 2.11. The normalized spacial score (nSPS) is 22.6. The number of rotatable bonds is 1. The highest BCUT2D eigenvalue weighted by Crippen LogP contribution is 2.28. The molecule has 1 aromatic rings. The molecule has 0 saturated carbocycles. The monoisotopic (exact) mass is 235 g/mol. The summed E-state index contributed by atoms with van der Waals surface area (Å²) in [4.78, 5) is 4.50. The van der Waals surface area contributed by atoms with Crippen molar-refractivity contribution >= 4 is 39.7 Å². The van der Waals surface area contributed by atoms with Crippen molar-refractivity contribution in [3.63, 3.8) is 0 Å². The molecular weight excluding hydrogens is 230 g/mol. The molecule has 0 unspecified atom stereocenters. The van der Waals surface area contributed by atoms with E-state index in [-0.39, 0.29) is 6.04 Å². The van der Waals surface area contributed by atoms with E-state index in [4.69, 9.17) is 11.6 Å². The van der Waals surface area contributed by atoms with Gasteiger partial charge in [-0.05, 0) is 23.9 Å². The Morgan fingerprint density at radius 3 is 3.07 bits per heavy atom. The van der Waals surface area contributed by atoms with E-state index in [2.05, 4.69) is 15.2 Å². The predicted octanol–water partition coefficient (Wildman–Crippen LogP) is 2.60. The standard InChI is InChI=1S/C10H6ClN3S/c11-7-3-1-2-6(4-7)9-13-8-5-12-14-10(8)15-9/h1-5,8H/t8-/m1/s1. The summed E-state index contributed by atoms with van der Waals surface area (Å²) in [5, 5.41) is 10.5. The van der Waals surface area contributed by atoms with Crippen molar-refractivity contribution in [1.82, 2.24) is 0 Å². The van der Waals surface area contributed by atoms with Crippen LogP contribution in [0, 0.1) is 0 Å².